The molecule has 64 heavy (non-hydrogen) atoms. The number of benzene rings is 9. The van der Waals surface area contributed by atoms with Crippen LogP contribution in [0.2, 0.25) is 0 Å². The molecule has 0 bridgehead atoms. The summed E-state index contributed by atoms with van der Waals surface area (Å²) in [6.07, 6.45) is 0. The molecule has 0 fully saturated rings. The number of nitrogens with two attached hydrogens (primary N) is 2. The lowest BCUT2D eigenvalue weighted by Crippen LogP contribution is -1.95. The van der Waals surface area contributed by atoms with Gasteiger partial charge in [-0.05, 0) is 133 Å². The van der Waals surface area contributed by atoms with E-state index in [1.165, 1.54) is 0 Å². The van der Waals surface area contributed by atoms with Crippen molar-refractivity contribution in [2.75, 3.05) is 11.5 Å². The van der Waals surface area contributed by atoms with Crippen molar-refractivity contribution in [3.05, 3.63) is 218 Å². The summed E-state index contributed by atoms with van der Waals surface area (Å²) in [5.41, 5.74) is 13.1. The van der Waals surface area contributed by atoms with E-state index in [1.54, 1.807) is 24.3 Å². The van der Waals surface area contributed by atoms with Gasteiger partial charge < -0.3 is 49.4 Å². The lowest BCUT2D eigenvalue weighted by Gasteiger charge is -2.17. The summed E-state index contributed by atoms with van der Waals surface area (Å²) in [5.74, 6) is 8.69. The highest BCUT2D eigenvalue weighted by molar-refractivity contribution is 5.54. The third kappa shape index (κ3) is 10.3. The van der Waals surface area contributed by atoms with Crippen molar-refractivity contribution < 1.29 is 37.9 Å². The predicted molar refractivity (Wildman–Crippen MR) is 247 cm³/mol. The molecule has 0 atom stereocenters. The van der Waals surface area contributed by atoms with Crippen molar-refractivity contribution >= 4 is 11.4 Å². The molecule has 9 aromatic rings. The van der Waals surface area contributed by atoms with Gasteiger partial charge in [-0.3, -0.25) is 0 Å². The summed E-state index contributed by atoms with van der Waals surface area (Å²) in [6.45, 7) is 0. The largest absolute Gasteiger partial charge is 0.453 e. The predicted octanol–water partition coefficient (Wildman–Crippen LogP) is 15.2. The molecular formula is C54H40N2O8. The summed E-state index contributed by atoms with van der Waals surface area (Å²) in [7, 11) is 0. The third-order valence-corrected chi connectivity index (χ3v) is 9.42. The Morgan fingerprint density at radius 2 is 0.391 bits per heavy atom. The Balaban J connectivity index is 0.850. The molecule has 10 nitrogen and oxygen atoms in total. The molecule has 0 heterocycles. The maximum atomic E-state index is 6.46. The van der Waals surface area contributed by atoms with Crippen LogP contribution in [0.25, 0.3) is 0 Å². The van der Waals surface area contributed by atoms with E-state index in [2.05, 4.69) is 0 Å². The molecule has 0 aromatic heterocycles. The van der Waals surface area contributed by atoms with Gasteiger partial charge in [-0.25, -0.2) is 0 Å². The van der Waals surface area contributed by atoms with E-state index in [9.17, 15) is 0 Å². The van der Waals surface area contributed by atoms with E-state index >= 15 is 0 Å². The second-order valence-corrected chi connectivity index (χ2v) is 14.1. The van der Waals surface area contributed by atoms with Crippen molar-refractivity contribution in [2.24, 2.45) is 0 Å². The van der Waals surface area contributed by atoms with Gasteiger partial charge in [-0.1, -0.05) is 72.8 Å². The van der Waals surface area contributed by atoms with Crippen LogP contribution in [0.15, 0.2) is 218 Å². The van der Waals surface area contributed by atoms with E-state index in [4.69, 9.17) is 49.4 Å². The van der Waals surface area contributed by atoms with Crippen LogP contribution >= 0.6 is 0 Å². The molecule has 314 valence electrons. The van der Waals surface area contributed by atoms with Crippen LogP contribution in [0.1, 0.15) is 0 Å². The van der Waals surface area contributed by atoms with E-state index in [0.29, 0.717) is 103 Å². The Hall–Kier alpha value is -9.02. The smallest absolute Gasteiger partial charge is 0.170 e. The highest BCUT2D eigenvalue weighted by atomic mass is 16.6. The lowest BCUT2D eigenvalue weighted by molar-refractivity contribution is 0.381. The Morgan fingerprint density at radius 1 is 0.188 bits per heavy atom. The quantitative estimate of drug-likeness (QED) is 0.0908. The lowest BCUT2D eigenvalue weighted by atomic mass is 10.2. The monoisotopic (exact) mass is 844 g/mol. The van der Waals surface area contributed by atoms with E-state index in [1.807, 2.05) is 194 Å². The standard InChI is InChI=1S/C54H40N2O8/c55-37-13-11-15-43(35-37)61-47-19-3-1-17-45(47)57-39-27-31-41(32-28-39)59-49-21-5-7-23-51(49)63-53-25-9-10-26-54(53)64-52-24-8-6-22-50(52)60-42-33-29-40(30-34-42)58-46-18-2-4-20-48(46)62-44-16-12-14-38(56)36-44/h1-36H,55-56H2. The fourth-order valence-electron chi connectivity index (χ4n) is 6.40. The van der Waals surface area contributed by atoms with Crippen molar-refractivity contribution in [1.29, 1.82) is 0 Å². The Morgan fingerprint density at radius 3 is 0.609 bits per heavy atom. The average Bonchev–Trinajstić information content (AvgIpc) is 3.31. The molecule has 0 aliphatic carbocycles. The molecule has 0 spiro atoms. The Kier molecular flexibility index (Phi) is 12.1. The molecule has 0 radical (unpaired) electrons. The molecule has 9 rings (SSSR count). The van der Waals surface area contributed by atoms with Crippen LogP contribution in [-0.4, -0.2) is 0 Å². The Labute approximate surface area is 369 Å². The number of para-hydroxylation sites is 10. The van der Waals surface area contributed by atoms with Crippen LogP contribution in [-0.2, 0) is 0 Å². The molecule has 9 aromatic carbocycles. The molecule has 0 amide bonds. The first-order valence-electron chi connectivity index (χ1n) is 20.3. The topological polar surface area (TPSA) is 126 Å². The van der Waals surface area contributed by atoms with Gasteiger partial charge in [0.25, 0.3) is 0 Å². The summed E-state index contributed by atoms with van der Waals surface area (Å²) in [4.78, 5) is 0. The molecule has 0 aliphatic rings. The van der Waals surface area contributed by atoms with E-state index in [0.717, 1.165) is 0 Å². The minimum absolute atomic E-state index is 0.470. The molecule has 0 unspecified atom stereocenters. The summed E-state index contributed by atoms with van der Waals surface area (Å²) in [5, 5.41) is 0. The van der Waals surface area contributed by atoms with Gasteiger partial charge in [0.15, 0.2) is 57.5 Å². The number of hydrogen-bond donors (Lipinski definition) is 2. The number of hydrogen-bond acceptors (Lipinski definition) is 10. The zero-order valence-electron chi connectivity index (χ0n) is 34.2. The molecule has 0 saturated carbocycles. The molecule has 4 N–H and O–H groups in total. The van der Waals surface area contributed by atoms with Crippen molar-refractivity contribution in [3.8, 4) is 92.0 Å². The first kappa shape index (κ1) is 40.4. The van der Waals surface area contributed by atoms with Crippen LogP contribution in [0, 0.1) is 0 Å². The van der Waals surface area contributed by atoms with Crippen molar-refractivity contribution in [2.45, 2.75) is 0 Å². The highest BCUT2D eigenvalue weighted by Gasteiger charge is 2.16. The SMILES string of the molecule is Nc1cccc(Oc2ccccc2Oc2ccc(Oc3ccccc3Oc3ccccc3Oc3ccccc3Oc3ccc(Oc4ccccc4Oc4cccc(N)c4)cc3)cc2)c1. The van der Waals surface area contributed by atoms with E-state index in [-0.39, 0.29) is 0 Å². The van der Waals surface area contributed by atoms with Crippen LogP contribution < -0.4 is 49.4 Å². The Bertz CT molecular complexity index is 2790. The van der Waals surface area contributed by atoms with Crippen LogP contribution in [0.5, 0.6) is 92.0 Å². The van der Waals surface area contributed by atoms with Gasteiger partial charge in [0.2, 0.25) is 0 Å². The van der Waals surface area contributed by atoms with Gasteiger partial charge in [0.1, 0.15) is 34.5 Å². The van der Waals surface area contributed by atoms with Gasteiger partial charge in [0.05, 0.1) is 0 Å². The molecule has 0 saturated heterocycles. The number of nitrogen functional groups attached to an aromatic ring is 2. The number of anilines is 2. The average molecular weight is 845 g/mol. The van der Waals surface area contributed by atoms with Crippen LogP contribution in [0.3, 0.4) is 0 Å². The van der Waals surface area contributed by atoms with Gasteiger partial charge in [-0.15, -0.1) is 0 Å². The van der Waals surface area contributed by atoms with Crippen molar-refractivity contribution in [1.82, 2.24) is 0 Å². The molecular weight excluding hydrogens is 805 g/mol. The summed E-state index contributed by atoms with van der Waals surface area (Å²) >= 11 is 0. The number of rotatable bonds is 16. The second-order valence-electron chi connectivity index (χ2n) is 14.1. The third-order valence-electron chi connectivity index (χ3n) is 9.42. The first-order chi connectivity index (χ1) is 31.5. The first-order valence-corrected chi connectivity index (χ1v) is 20.3. The van der Waals surface area contributed by atoms with Crippen molar-refractivity contribution in [3.63, 3.8) is 0 Å². The fourth-order valence-corrected chi connectivity index (χ4v) is 6.40. The summed E-state index contributed by atoms with van der Waals surface area (Å²) < 4.78 is 50.1. The van der Waals surface area contributed by atoms with E-state index < -0.39 is 0 Å². The normalized spacial score (nSPS) is 10.6. The maximum absolute atomic E-state index is 6.46. The molecule has 0 aliphatic heterocycles. The summed E-state index contributed by atoms with van der Waals surface area (Å²) in [6, 6.07) is 66.1. The van der Waals surface area contributed by atoms with Gasteiger partial charge in [0, 0.05) is 23.5 Å². The number of ether oxygens (including phenoxy) is 8. The zero-order valence-corrected chi connectivity index (χ0v) is 34.2. The van der Waals surface area contributed by atoms with Gasteiger partial charge in [-0.2, -0.15) is 0 Å². The molecule has 10 heteroatoms. The van der Waals surface area contributed by atoms with Crippen LogP contribution in [0.4, 0.5) is 11.4 Å². The zero-order chi connectivity index (χ0) is 43.5. The van der Waals surface area contributed by atoms with Gasteiger partial charge >= 0.3 is 0 Å². The fraction of sp³-hybridized carbons (Fsp3) is 0. The maximum Gasteiger partial charge on any atom is 0.170 e. The minimum atomic E-state index is 0.470. The highest BCUT2D eigenvalue weighted by Crippen LogP contribution is 2.43. The minimum Gasteiger partial charge on any atom is -0.453 e. The second kappa shape index (κ2) is 19.1.